The van der Waals surface area contributed by atoms with Gasteiger partial charge in [-0.2, -0.15) is 0 Å². The maximum atomic E-state index is 3.22. The standard InChI is InChI=1S/C9H21N3/c1-5-6-11-8(2)7-12(10-4)9(11)3/h8-10H,5-7H2,1-4H3/t8-,9?/m0/s1. The SMILES string of the molecule is CCCN1C(C)N(NC)C[C@@H]1C. The Bertz CT molecular complexity index is 138. The highest BCUT2D eigenvalue weighted by atomic mass is 15.6. The topological polar surface area (TPSA) is 18.5 Å². The summed E-state index contributed by atoms with van der Waals surface area (Å²) in [5.74, 6) is 0. The van der Waals surface area contributed by atoms with E-state index in [9.17, 15) is 0 Å². The lowest BCUT2D eigenvalue weighted by Crippen LogP contribution is -2.43. The molecular weight excluding hydrogens is 150 g/mol. The molecule has 1 aliphatic heterocycles. The lowest BCUT2D eigenvalue weighted by atomic mass is 10.3. The minimum Gasteiger partial charge on any atom is -0.283 e. The molecule has 0 spiro atoms. The summed E-state index contributed by atoms with van der Waals surface area (Å²) < 4.78 is 0. The van der Waals surface area contributed by atoms with Gasteiger partial charge in [0, 0.05) is 12.6 Å². The van der Waals surface area contributed by atoms with E-state index in [1.54, 1.807) is 0 Å². The molecule has 1 aliphatic rings. The van der Waals surface area contributed by atoms with Crippen LogP contribution in [0.15, 0.2) is 0 Å². The number of hydrazine groups is 1. The van der Waals surface area contributed by atoms with Crippen LogP contribution in [0.3, 0.4) is 0 Å². The predicted molar refractivity (Wildman–Crippen MR) is 51.7 cm³/mol. The Morgan fingerprint density at radius 1 is 1.42 bits per heavy atom. The molecule has 3 heteroatoms. The minimum atomic E-state index is 0.546. The molecule has 0 radical (unpaired) electrons. The van der Waals surface area contributed by atoms with Gasteiger partial charge in [-0.05, 0) is 33.9 Å². The molecule has 3 nitrogen and oxygen atoms in total. The van der Waals surface area contributed by atoms with Gasteiger partial charge in [-0.25, -0.2) is 5.01 Å². The minimum absolute atomic E-state index is 0.546. The fourth-order valence-electron chi connectivity index (χ4n) is 2.03. The van der Waals surface area contributed by atoms with Crippen LogP contribution in [0.25, 0.3) is 0 Å². The Balaban J connectivity index is 2.51. The Kier molecular flexibility index (Phi) is 3.50. The van der Waals surface area contributed by atoms with Crippen LogP contribution in [-0.4, -0.2) is 42.3 Å². The van der Waals surface area contributed by atoms with Crippen molar-refractivity contribution in [1.29, 1.82) is 0 Å². The van der Waals surface area contributed by atoms with Gasteiger partial charge in [0.1, 0.15) is 0 Å². The zero-order chi connectivity index (χ0) is 9.14. The molecule has 1 heterocycles. The monoisotopic (exact) mass is 171 g/mol. The van der Waals surface area contributed by atoms with E-state index in [1.807, 2.05) is 7.05 Å². The quantitative estimate of drug-likeness (QED) is 0.680. The summed E-state index contributed by atoms with van der Waals surface area (Å²) in [7, 11) is 2.00. The average Bonchev–Trinajstić information content (AvgIpc) is 2.32. The highest BCUT2D eigenvalue weighted by molar-refractivity contribution is 4.82. The van der Waals surface area contributed by atoms with E-state index in [0.717, 1.165) is 6.54 Å². The fourth-order valence-corrected chi connectivity index (χ4v) is 2.03. The number of nitrogens with one attached hydrogen (secondary N) is 1. The number of rotatable bonds is 3. The third-order valence-electron chi connectivity index (χ3n) is 2.73. The van der Waals surface area contributed by atoms with Gasteiger partial charge in [0.15, 0.2) is 0 Å². The second-order valence-corrected chi connectivity index (χ2v) is 3.59. The molecule has 12 heavy (non-hydrogen) atoms. The van der Waals surface area contributed by atoms with E-state index in [-0.39, 0.29) is 0 Å². The maximum Gasteiger partial charge on any atom is 0.0732 e. The molecule has 2 atom stereocenters. The Labute approximate surface area is 75.7 Å². The summed E-state index contributed by atoms with van der Waals surface area (Å²) in [6, 6.07) is 0.687. The summed E-state index contributed by atoms with van der Waals surface area (Å²) in [6.07, 6.45) is 1.79. The summed E-state index contributed by atoms with van der Waals surface area (Å²) in [5.41, 5.74) is 3.22. The van der Waals surface area contributed by atoms with Crippen LogP contribution < -0.4 is 5.43 Å². The number of hydrogen-bond acceptors (Lipinski definition) is 3. The van der Waals surface area contributed by atoms with E-state index in [4.69, 9.17) is 0 Å². The zero-order valence-electron chi connectivity index (χ0n) is 8.67. The van der Waals surface area contributed by atoms with Crippen molar-refractivity contribution in [2.45, 2.75) is 39.4 Å². The molecule has 1 fully saturated rings. The summed E-state index contributed by atoms with van der Waals surface area (Å²) in [6.45, 7) is 9.14. The number of hydrogen-bond donors (Lipinski definition) is 1. The van der Waals surface area contributed by atoms with Crippen molar-refractivity contribution < 1.29 is 0 Å². The summed E-state index contributed by atoms with van der Waals surface area (Å²) >= 11 is 0. The highest BCUT2D eigenvalue weighted by Gasteiger charge is 2.32. The van der Waals surface area contributed by atoms with Crippen molar-refractivity contribution >= 4 is 0 Å². The molecule has 0 bridgehead atoms. The first-order valence-electron chi connectivity index (χ1n) is 4.90. The second kappa shape index (κ2) is 4.21. The largest absolute Gasteiger partial charge is 0.283 e. The molecule has 0 aliphatic carbocycles. The zero-order valence-corrected chi connectivity index (χ0v) is 8.67. The lowest BCUT2D eigenvalue weighted by molar-refractivity contribution is 0.108. The van der Waals surface area contributed by atoms with Crippen LogP contribution in [0.1, 0.15) is 27.2 Å². The van der Waals surface area contributed by atoms with Crippen molar-refractivity contribution in [3.05, 3.63) is 0 Å². The van der Waals surface area contributed by atoms with Crippen molar-refractivity contribution in [2.24, 2.45) is 0 Å². The van der Waals surface area contributed by atoms with E-state index >= 15 is 0 Å². The normalized spacial score (nSPS) is 33.0. The van der Waals surface area contributed by atoms with Crippen molar-refractivity contribution in [1.82, 2.24) is 15.3 Å². The Morgan fingerprint density at radius 2 is 2.08 bits per heavy atom. The molecule has 1 unspecified atom stereocenters. The smallest absolute Gasteiger partial charge is 0.0732 e. The van der Waals surface area contributed by atoms with Crippen LogP contribution in [-0.2, 0) is 0 Å². The molecule has 72 valence electrons. The first-order chi connectivity index (χ1) is 5.70. The molecule has 1 N–H and O–H groups in total. The molecule has 0 aromatic heterocycles. The molecule has 0 amide bonds. The van der Waals surface area contributed by atoms with Crippen LogP contribution in [0, 0.1) is 0 Å². The van der Waals surface area contributed by atoms with Crippen LogP contribution in [0.2, 0.25) is 0 Å². The predicted octanol–water partition coefficient (Wildman–Crippen LogP) is 0.883. The van der Waals surface area contributed by atoms with Crippen LogP contribution in [0.5, 0.6) is 0 Å². The third-order valence-corrected chi connectivity index (χ3v) is 2.73. The van der Waals surface area contributed by atoms with Gasteiger partial charge in [0.2, 0.25) is 0 Å². The molecule has 0 saturated carbocycles. The van der Waals surface area contributed by atoms with E-state index < -0.39 is 0 Å². The average molecular weight is 171 g/mol. The van der Waals surface area contributed by atoms with Crippen molar-refractivity contribution in [3.63, 3.8) is 0 Å². The van der Waals surface area contributed by atoms with Crippen LogP contribution in [0.4, 0.5) is 0 Å². The van der Waals surface area contributed by atoms with Crippen molar-refractivity contribution in [2.75, 3.05) is 20.1 Å². The molecule has 0 aromatic rings. The lowest BCUT2D eigenvalue weighted by Gasteiger charge is -2.27. The molecule has 1 saturated heterocycles. The second-order valence-electron chi connectivity index (χ2n) is 3.59. The molecular formula is C9H21N3. The van der Waals surface area contributed by atoms with Gasteiger partial charge < -0.3 is 0 Å². The Hall–Kier alpha value is -0.120. The number of nitrogens with zero attached hydrogens (tertiary/aromatic N) is 2. The van der Waals surface area contributed by atoms with E-state index in [1.165, 1.54) is 13.0 Å². The van der Waals surface area contributed by atoms with Crippen LogP contribution >= 0.6 is 0 Å². The molecule has 0 aromatic carbocycles. The van der Waals surface area contributed by atoms with Gasteiger partial charge in [-0.15, -0.1) is 0 Å². The molecule has 1 rings (SSSR count). The van der Waals surface area contributed by atoms with Gasteiger partial charge in [-0.3, -0.25) is 10.3 Å². The maximum absolute atomic E-state index is 3.22. The van der Waals surface area contributed by atoms with Gasteiger partial charge in [-0.1, -0.05) is 6.92 Å². The van der Waals surface area contributed by atoms with Gasteiger partial charge in [0.25, 0.3) is 0 Å². The van der Waals surface area contributed by atoms with Crippen molar-refractivity contribution in [3.8, 4) is 0 Å². The fraction of sp³-hybridized carbons (Fsp3) is 1.00. The van der Waals surface area contributed by atoms with E-state index in [0.29, 0.717) is 12.2 Å². The van der Waals surface area contributed by atoms with E-state index in [2.05, 4.69) is 36.1 Å². The van der Waals surface area contributed by atoms with Gasteiger partial charge >= 0.3 is 0 Å². The summed E-state index contributed by atoms with van der Waals surface area (Å²) in [5, 5.41) is 2.29. The van der Waals surface area contributed by atoms with Gasteiger partial charge in [0.05, 0.1) is 6.17 Å². The first-order valence-corrected chi connectivity index (χ1v) is 4.90. The third kappa shape index (κ3) is 1.79. The summed E-state index contributed by atoms with van der Waals surface area (Å²) in [4.78, 5) is 2.54. The highest BCUT2D eigenvalue weighted by Crippen LogP contribution is 2.17. The Morgan fingerprint density at radius 3 is 2.50 bits per heavy atom. The first kappa shape index (κ1) is 9.96.